The summed E-state index contributed by atoms with van der Waals surface area (Å²) in [6, 6.07) is 0. The molecule has 0 spiro atoms. The molecule has 4 heteroatoms. The van der Waals surface area contributed by atoms with Gasteiger partial charge in [0.25, 0.3) is 16.3 Å². The van der Waals surface area contributed by atoms with Gasteiger partial charge in [-0.15, -0.1) is 0 Å². The van der Waals surface area contributed by atoms with Gasteiger partial charge in [0.1, 0.15) is 0 Å². The number of nitrogens with zero attached hydrogens (tertiary/aromatic N) is 1. The van der Waals surface area contributed by atoms with Gasteiger partial charge in [0.15, 0.2) is 0 Å². The van der Waals surface area contributed by atoms with Crippen LogP contribution in [-0.4, -0.2) is 58.9 Å². The molecule has 1 fully saturated rings. The van der Waals surface area contributed by atoms with Gasteiger partial charge in [-0.3, -0.25) is 9.29 Å². The second-order valence-electron chi connectivity index (χ2n) is 2.83. The van der Waals surface area contributed by atoms with Gasteiger partial charge in [0, 0.05) is 37.8 Å². The molecule has 10 heavy (non-hydrogen) atoms. The number of alkyl halides is 1. The average molecular weight is 160 g/mol. The predicted molar refractivity (Wildman–Crippen MR) is 42.7 cm³/mol. The number of hydrogen-bond acceptors (Lipinski definition) is 2. The van der Waals surface area contributed by atoms with Crippen LogP contribution in [0.3, 0.4) is 0 Å². The van der Waals surface area contributed by atoms with Crippen molar-refractivity contribution >= 4 is 16.3 Å². The van der Waals surface area contributed by atoms with Crippen molar-refractivity contribution < 1.29 is 4.39 Å². The van der Waals surface area contributed by atoms with Gasteiger partial charge in [-0.2, -0.15) is 0 Å². The fraction of sp³-hybridized carbons (Fsp3) is 1.00. The monoisotopic (exact) mass is 160 g/mol. The summed E-state index contributed by atoms with van der Waals surface area (Å²) in [5, 5.41) is 2.69. The average Bonchev–Trinajstić information content (AvgIpc) is 1.88. The largest absolute Gasteiger partial charge is 0.314 e. The van der Waals surface area contributed by atoms with E-state index in [9.17, 15) is 4.39 Å². The van der Waals surface area contributed by atoms with E-state index < -0.39 is 5.03 Å². The first kappa shape index (κ1) is 8.48. The minimum atomic E-state index is -0.543. The summed E-state index contributed by atoms with van der Waals surface area (Å²) < 4.78 is 12.5. The molecule has 0 aromatic carbocycles. The fourth-order valence-electron chi connectivity index (χ4n) is 1.25. The van der Waals surface area contributed by atoms with E-state index in [4.69, 9.17) is 0 Å². The van der Waals surface area contributed by atoms with Gasteiger partial charge in [-0.05, 0) is 0 Å². The molecule has 1 atom stereocenters. The van der Waals surface area contributed by atoms with Gasteiger partial charge >= 0.3 is 0 Å². The lowest BCUT2D eigenvalue weighted by molar-refractivity contribution is 0.208. The van der Waals surface area contributed by atoms with Crippen LogP contribution in [0.15, 0.2) is 0 Å². The SMILES string of the molecule is F[CH]([AlH2])CN1CCNCC1. The summed E-state index contributed by atoms with van der Waals surface area (Å²) in [6.07, 6.45) is 0. The Hall–Kier alpha value is 0.382. The van der Waals surface area contributed by atoms with E-state index in [0.29, 0.717) is 22.8 Å². The minimum Gasteiger partial charge on any atom is -0.314 e. The van der Waals surface area contributed by atoms with E-state index >= 15 is 0 Å². The Morgan fingerprint density at radius 3 is 2.60 bits per heavy atom. The van der Waals surface area contributed by atoms with E-state index in [-0.39, 0.29) is 0 Å². The molecule has 2 nitrogen and oxygen atoms in total. The zero-order valence-corrected chi connectivity index (χ0v) is 8.44. The maximum Gasteiger partial charge on any atom is 0.269 e. The van der Waals surface area contributed by atoms with Crippen molar-refractivity contribution in [1.82, 2.24) is 10.2 Å². The summed E-state index contributed by atoms with van der Waals surface area (Å²) in [4.78, 5) is 2.19. The second kappa shape index (κ2) is 4.30. The number of nitrogens with one attached hydrogen (secondary N) is 1. The molecule has 1 rings (SSSR count). The van der Waals surface area contributed by atoms with Crippen molar-refractivity contribution in [2.45, 2.75) is 5.03 Å². The minimum absolute atomic E-state index is 0.543. The Morgan fingerprint density at radius 1 is 1.50 bits per heavy atom. The van der Waals surface area contributed by atoms with Crippen molar-refractivity contribution in [2.75, 3.05) is 32.7 Å². The zero-order chi connectivity index (χ0) is 7.40. The van der Waals surface area contributed by atoms with E-state index in [2.05, 4.69) is 10.2 Å². The Labute approximate surface area is 69.2 Å². The van der Waals surface area contributed by atoms with E-state index in [0.717, 1.165) is 26.2 Å². The predicted octanol–water partition coefficient (Wildman–Crippen LogP) is -1.18. The quantitative estimate of drug-likeness (QED) is 0.511. The first-order valence-electron chi connectivity index (χ1n) is 3.86. The van der Waals surface area contributed by atoms with Crippen LogP contribution in [0, 0.1) is 0 Å². The van der Waals surface area contributed by atoms with Crippen LogP contribution in [-0.2, 0) is 0 Å². The molecule has 1 saturated heterocycles. The van der Waals surface area contributed by atoms with Gasteiger partial charge in [-0.1, -0.05) is 0 Å². The Kier molecular flexibility index (Phi) is 3.65. The van der Waals surface area contributed by atoms with Crippen LogP contribution in [0.5, 0.6) is 0 Å². The maximum atomic E-state index is 12.5. The zero-order valence-electron chi connectivity index (χ0n) is 6.44. The van der Waals surface area contributed by atoms with Crippen LogP contribution < -0.4 is 5.32 Å². The lowest BCUT2D eigenvalue weighted by Crippen LogP contribution is -2.45. The Balaban J connectivity index is 2.13. The van der Waals surface area contributed by atoms with Crippen molar-refractivity contribution in [1.29, 1.82) is 0 Å². The van der Waals surface area contributed by atoms with E-state index in [1.807, 2.05) is 0 Å². The van der Waals surface area contributed by atoms with Crippen LogP contribution in [0.1, 0.15) is 0 Å². The molecule has 1 aliphatic rings. The van der Waals surface area contributed by atoms with Gasteiger partial charge in [0.2, 0.25) is 0 Å². The standard InChI is InChI=1S/C6H12FN2.Al.2H/c7-1-4-9-5-2-8-3-6-9;;;/h1,8H,2-6H2;;;. The summed E-state index contributed by atoms with van der Waals surface area (Å²) in [6.45, 7) is 4.74. The fourth-order valence-corrected chi connectivity index (χ4v) is 1.77. The van der Waals surface area contributed by atoms with Gasteiger partial charge < -0.3 is 5.32 Å². The van der Waals surface area contributed by atoms with Crippen LogP contribution in [0.2, 0.25) is 0 Å². The van der Waals surface area contributed by atoms with Crippen molar-refractivity contribution in [3.05, 3.63) is 0 Å². The first-order valence-corrected chi connectivity index (χ1v) is 5.01. The van der Waals surface area contributed by atoms with Crippen molar-refractivity contribution in [3.8, 4) is 0 Å². The molecule has 1 heterocycles. The summed E-state index contributed by atoms with van der Waals surface area (Å²) in [7, 11) is 0. The third kappa shape index (κ3) is 2.98. The molecule has 0 aliphatic carbocycles. The number of hydrogen-bond donors (Lipinski definition) is 1. The molecule has 0 radical (unpaired) electrons. The maximum absolute atomic E-state index is 12.5. The summed E-state index contributed by atoms with van der Waals surface area (Å²) >= 11 is 0.674. The van der Waals surface area contributed by atoms with E-state index in [1.165, 1.54) is 0 Å². The normalized spacial score (nSPS) is 24.5. The molecule has 0 saturated carbocycles. The molecule has 0 aromatic rings. The second-order valence-corrected chi connectivity index (χ2v) is 4.08. The third-order valence-corrected chi connectivity index (χ3v) is 2.08. The van der Waals surface area contributed by atoms with Crippen LogP contribution >= 0.6 is 0 Å². The molecule has 58 valence electrons. The highest BCUT2D eigenvalue weighted by atomic mass is 27.0. The highest BCUT2D eigenvalue weighted by Crippen LogP contribution is 1.94. The van der Waals surface area contributed by atoms with E-state index in [1.54, 1.807) is 0 Å². The smallest absolute Gasteiger partial charge is 0.269 e. The summed E-state index contributed by atoms with van der Waals surface area (Å²) in [5.74, 6) is 0. The Bertz CT molecular complexity index is 93.7. The molecule has 1 unspecified atom stereocenters. The van der Waals surface area contributed by atoms with Crippen molar-refractivity contribution in [2.24, 2.45) is 0 Å². The molecular formula is C6H14AlFN2. The first-order chi connectivity index (χ1) is 4.79. The third-order valence-electron chi connectivity index (χ3n) is 1.72. The molecule has 1 aliphatic heterocycles. The highest BCUT2D eigenvalue weighted by Gasteiger charge is 2.11. The summed E-state index contributed by atoms with van der Waals surface area (Å²) in [5.41, 5.74) is 0. The molecule has 0 aromatic heterocycles. The van der Waals surface area contributed by atoms with Crippen LogP contribution in [0.25, 0.3) is 0 Å². The lowest BCUT2D eigenvalue weighted by Gasteiger charge is -2.27. The molecule has 1 N–H and O–H groups in total. The van der Waals surface area contributed by atoms with Gasteiger partial charge in [-0.25, -0.2) is 0 Å². The van der Waals surface area contributed by atoms with Crippen LogP contribution in [0.4, 0.5) is 4.39 Å². The highest BCUT2D eigenvalue weighted by molar-refractivity contribution is 6.11. The topological polar surface area (TPSA) is 15.3 Å². The number of rotatable bonds is 2. The number of halogens is 1. The Morgan fingerprint density at radius 2 is 2.10 bits per heavy atom. The number of piperazine rings is 1. The lowest BCUT2D eigenvalue weighted by atomic mass is 10.4. The van der Waals surface area contributed by atoms with Gasteiger partial charge in [0.05, 0.1) is 0 Å². The van der Waals surface area contributed by atoms with Crippen molar-refractivity contribution in [3.63, 3.8) is 0 Å². The molecular weight excluding hydrogens is 146 g/mol. The molecule has 0 amide bonds. The molecule has 0 bridgehead atoms.